The summed E-state index contributed by atoms with van der Waals surface area (Å²) in [5, 5.41) is 5.00. The van der Waals surface area contributed by atoms with Crippen molar-refractivity contribution in [3.05, 3.63) is 131 Å². The largest absolute Gasteiger partial charge is 0.431 e. The van der Waals surface area contributed by atoms with Crippen LogP contribution in [0.1, 0.15) is 44.3 Å². The van der Waals surface area contributed by atoms with Crippen LogP contribution < -0.4 is 9.73 Å². The summed E-state index contributed by atoms with van der Waals surface area (Å²) >= 11 is 0. The summed E-state index contributed by atoms with van der Waals surface area (Å²) in [6, 6.07) is 27.0. The Kier molecular flexibility index (Phi) is 7.46. The van der Waals surface area contributed by atoms with Gasteiger partial charge in [-0.2, -0.15) is 18.3 Å². The summed E-state index contributed by atoms with van der Waals surface area (Å²) in [6.45, 7) is 0. The number of halogens is 3. The Balaban J connectivity index is 1.32. The quantitative estimate of drug-likeness (QED) is 0.276. The predicted molar refractivity (Wildman–Crippen MR) is 147 cm³/mol. The van der Waals surface area contributed by atoms with E-state index in [2.05, 4.69) is 5.10 Å². The van der Waals surface area contributed by atoms with Crippen molar-refractivity contribution in [1.82, 2.24) is 4.72 Å². The molecule has 0 saturated carbocycles. The molecule has 1 N–H and O–H groups in total. The molecule has 0 bridgehead atoms. The first-order valence-electron chi connectivity index (χ1n) is 12.4. The van der Waals surface area contributed by atoms with Crippen LogP contribution in [0, 0.1) is 0 Å². The molecule has 1 heterocycles. The number of nitrogens with one attached hydrogen (secondary N) is 1. The minimum absolute atomic E-state index is 0.0200. The van der Waals surface area contributed by atoms with Crippen molar-refractivity contribution in [3.8, 4) is 0 Å². The van der Waals surface area contributed by atoms with Crippen molar-refractivity contribution in [1.29, 1.82) is 0 Å². The van der Waals surface area contributed by atoms with E-state index >= 15 is 0 Å². The monoisotopic (exact) mass is 577 g/mol. The first kappa shape index (κ1) is 27.8. The van der Waals surface area contributed by atoms with Gasteiger partial charge < -0.3 is 0 Å². The van der Waals surface area contributed by atoms with Crippen LogP contribution in [0.4, 0.5) is 18.9 Å². The molecule has 5 rings (SSSR count). The van der Waals surface area contributed by atoms with Crippen molar-refractivity contribution in [2.75, 3.05) is 5.01 Å². The van der Waals surface area contributed by atoms with Gasteiger partial charge in [-0.05, 0) is 42.0 Å². The molecule has 4 aromatic carbocycles. The van der Waals surface area contributed by atoms with Crippen molar-refractivity contribution in [3.63, 3.8) is 0 Å². The molecule has 41 heavy (non-hydrogen) atoms. The lowest BCUT2D eigenvalue weighted by Crippen LogP contribution is -2.30. The Labute approximate surface area is 234 Å². The number of hydrogen-bond acceptors (Lipinski definition) is 6. The molecule has 0 radical (unpaired) electrons. The fourth-order valence-electron chi connectivity index (χ4n) is 4.40. The third-order valence-corrected chi connectivity index (χ3v) is 7.85. The van der Waals surface area contributed by atoms with Crippen LogP contribution in [-0.4, -0.2) is 32.0 Å². The molecule has 0 fully saturated rings. The molecule has 1 atom stereocenters. The number of ketones is 1. The van der Waals surface area contributed by atoms with Crippen LogP contribution in [0.5, 0.6) is 0 Å². The van der Waals surface area contributed by atoms with E-state index in [1.54, 1.807) is 60.7 Å². The average molecular weight is 578 g/mol. The third kappa shape index (κ3) is 6.04. The maximum Gasteiger partial charge on any atom is 0.431 e. The van der Waals surface area contributed by atoms with Gasteiger partial charge in [0, 0.05) is 23.1 Å². The highest BCUT2D eigenvalue weighted by Crippen LogP contribution is 2.39. The summed E-state index contributed by atoms with van der Waals surface area (Å²) in [5.41, 5.74) is 0.759. The van der Waals surface area contributed by atoms with Crippen molar-refractivity contribution < 1.29 is 31.2 Å². The lowest BCUT2D eigenvalue weighted by Gasteiger charge is -2.24. The van der Waals surface area contributed by atoms with Crippen molar-refractivity contribution in [2.45, 2.75) is 23.5 Å². The molecule has 1 amide bonds. The smallest absolute Gasteiger partial charge is 0.289 e. The molecular weight excluding hydrogens is 555 g/mol. The highest BCUT2D eigenvalue weighted by molar-refractivity contribution is 7.90. The van der Waals surface area contributed by atoms with E-state index in [0.29, 0.717) is 16.7 Å². The molecule has 0 aromatic heterocycles. The Morgan fingerprint density at radius 1 is 0.756 bits per heavy atom. The summed E-state index contributed by atoms with van der Waals surface area (Å²) in [6.07, 6.45) is -4.97. The number of carbonyl (C=O) groups excluding carboxylic acids is 2. The molecule has 4 aromatic rings. The van der Waals surface area contributed by atoms with Gasteiger partial charge in [0.25, 0.3) is 15.9 Å². The van der Waals surface area contributed by atoms with Gasteiger partial charge in [0.1, 0.15) is 5.71 Å². The molecule has 0 aliphatic carbocycles. The second-order valence-electron chi connectivity index (χ2n) is 9.22. The number of rotatable bonds is 7. The van der Waals surface area contributed by atoms with Gasteiger partial charge in [-0.25, -0.2) is 13.1 Å². The first-order valence-corrected chi connectivity index (χ1v) is 13.9. The zero-order valence-corrected chi connectivity index (χ0v) is 22.1. The van der Waals surface area contributed by atoms with E-state index in [-0.39, 0.29) is 28.4 Å². The van der Waals surface area contributed by atoms with Gasteiger partial charge in [0.15, 0.2) is 5.78 Å². The predicted octanol–water partition coefficient (Wildman–Crippen LogP) is 5.91. The number of nitrogens with zero attached hydrogens (tertiary/aromatic N) is 2. The number of carbonyl (C=O) groups is 2. The van der Waals surface area contributed by atoms with Crippen LogP contribution >= 0.6 is 0 Å². The molecule has 0 spiro atoms. The minimum Gasteiger partial charge on any atom is -0.289 e. The Morgan fingerprint density at radius 2 is 1.29 bits per heavy atom. The van der Waals surface area contributed by atoms with Gasteiger partial charge >= 0.3 is 6.18 Å². The highest BCUT2D eigenvalue weighted by atomic mass is 32.2. The SMILES string of the molecule is O=C(NS(=O)(=O)c1ccc(N2N=C(C(F)(F)F)CC2c2ccccc2)cc1)c1ccc(C(=O)c2ccccc2)cc1. The standard InChI is InChI=1S/C30H22F3N3O4S/c31-30(32,33)27-19-26(20-7-3-1-4-8-20)36(34-27)24-15-17-25(18-16-24)41(39,40)35-29(38)23-13-11-22(12-14-23)28(37)21-9-5-2-6-10-21/h1-18,26H,19H2,(H,35,38). The van der Waals surface area contributed by atoms with Gasteiger partial charge in [-0.3, -0.25) is 14.6 Å². The number of anilines is 1. The van der Waals surface area contributed by atoms with Gasteiger partial charge in [-0.1, -0.05) is 72.8 Å². The second kappa shape index (κ2) is 11.0. The van der Waals surface area contributed by atoms with Crippen molar-refractivity contribution >= 4 is 33.1 Å². The zero-order valence-electron chi connectivity index (χ0n) is 21.2. The molecule has 11 heteroatoms. The van der Waals surface area contributed by atoms with Gasteiger partial charge in [0.05, 0.1) is 16.6 Å². The van der Waals surface area contributed by atoms with E-state index in [1.165, 1.54) is 53.5 Å². The number of hydrazone groups is 1. The fourth-order valence-corrected chi connectivity index (χ4v) is 5.38. The molecule has 1 aliphatic rings. The lowest BCUT2D eigenvalue weighted by molar-refractivity contribution is -0.0600. The number of alkyl halides is 3. The van der Waals surface area contributed by atoms with E-state index in [0.717, 1.165) is 0 Å². The number of hydrogen-bond donors (Lipinski definition) is 1. The fraction of sp³-hybridized carbons (Fsp3) is 0.100. The molecular formula is C30H22F3N3O4S. The molecule has 1 unspecified atom stereocenters. The Bertz CT molecular complexity index is 1710. The summed E-state index contributed by atoms with van der Waals surface area (Å²) in [4.78, 5) is 25.0. The Hall–Kier alpha value is -4.77. The van der Waals surface area contributed by atoms with E-state index in [1.807, 2.05) is 4.72 Å². The van der Waals surface area contributed by atoms with E-state index in [4.69, 9.17) is 0 Å². The van der Waals surface area contributed by atoms with Crippen molar-refractivity contribution in [2.24, 2.45) is 5.10 Å². The van der Waals surface area contributed by atoms with Gasteiger partial charge in [-0.15, -0.1) is 0 Å². The average Bonchev–Trinajstić information content (AvgIpc) is 3.44. The first-order chi connectivity index (χ1) is 19.5. The normalized spacial score (nSPS) is 15.3. The number of benzene rings is 4. The highest BCUT2D eigenvalue weighted by Gasteiger charge is 2.43. The van der Waals surface area contributed by atoms with E-state index in [9.17, 15) is 31.2 Å². The van der Waals surface area contributed by atoms with Crippen LogP contribution in [0.15, 0.2) is 119 Å². The maximum atomic E-state index is 13.5. The summed E-state index contributed by atoms with van der Waals surface area (Å²) in [5.74, 6) is -1.15. The number of sulfonamides is 1. The topological polar surface area (TPSA) is 95.9 Å². The molecule has 7 nitrogen and oxygen atoms in total. The second-order valence-corrected chi connectivity index (χ2v) is 10.9. The van der Waals surface area contributed by atoms with Crippen LogP contribution in [-0.2, 0) is 10.0 Å². The molecule has 208 valence electrons. The molecule has 1 aliphatic heterocycles. The van der Waals surface area contributed by atoms with E-state index < -0.39 is 33.9 Å². The minimum atomic E-state index is -4.61. The zero-order chi connectivity index (χ0) is 29.2. The third-order valence-electron chi connectivity index (χ3n) is 6.51. The maximum absolute atomic E-state index is 13.5. The summed E-state index contributed by atoms with van der Waals surface area (Å²) in [7, 11) is -4.32. The van der Waals surface area contributed by atoms with Crippen LogP contribution in [0.3, 0.4) is 0 Å². The van der Waals surface area contributed by atoms with Crippen LogP contribution in [0.2, 0.25) is 0 Å². The lowest BCUT2D eigenvalue weighted by atomic mass is 10.0. The number of amides is 1. The Morgan fingerprint density at radius 3 is 1.88 bits per heavy atom. The van der Waals surface area contributed by atoms with Gasteiger partial charge in [0.2, 0.25) is 0 Å². The molecule has 0 saturated heterocycles. The summed E-state index contributed by atoms with van der Waals surface area (Å²) < 4.78 is 68.2. The van der Waals surface area contributed by atoms with Crippen LogP contribution in [0.25, 0.3) is 0 Å².